The van der Waals surface area contributed by atoms with Crippen molar-refractivity contribution in [1.29, 1.82) is 0 Å². The molecule has 0 amide bonds. The van der Waals surface area contributed by atoms with E-state index < -0.39 is 5.60 Å². The summed E-state index contributed by atoms with van der Waals surface area (Å²) in [5.41, 5.74) is 1.47. The molecule has 31 heavy (non-hydrogen) atoms. The molecule has 0 radical (unpaired) electrons. The molecule has 0 bridgehead atoms. The molecule has 0 aromatic carbocycles. The number of hydrogen-bond acceptors (Lipinski definition) is 5. The molecule has 0 aromatic rings. The summed E-state index contributed by atoms with van der Waals surface area (Å²) in [4.78, 5) is 28.7. The first-order valence-corrected chi connectivity index (χ1v) is 11.9. The van der Waals surface area contributed by atoms with Crippen LogP contribution in [-0.4, -0.2) is 23.3 Å². The van der Waals surface area contributed by atoms with Gasteiger partial charge in [0.25, 0.3) is 0 Å². The summed E-state index contributed by atoms with van der Waals surface area (Å²) < 4.78 is 5.84. The fourth-order valence-electron chi connectivity index (χ4n) is 7.15. The lowest BCUT2D eigenvalue weighted by Crippen LogP contribution is -2.53. The molecule has 4 aliphatic rings. The molecular weight excluding hydrogens is 390 g/mol. The minimum absolute atomic E-state index is 0.137. The number of oxime groups is 1. The zero-order chi connectivity index (χ0) is 22.4. The van der Waals surface area contributed by atoms with Crippen LogP contribution in [0.3, 0.4) is 0 Å². The van der Waals surface area contributed by atoms with E-state index in [-0.39, 0.29) is 23.3 Å². The van der Waals surface area contributed by atoms with E-state index in [4.69, 9.17) is 16.0 Å². The van der Waals surface area contributed by atoms with Gasteiger partial charge in [0, 0.05) is 12.3 Å². The Labute approximate surface area is 186 Å². The van der Waals surface area contributed by atoms with Crippen LogP contribution in [0.4, 0.5) is 0 Å². The lowest BCUT2D eigenvalue weighted by Gasteiger charge is -2.55. The molecule has 3 saturated carbocycles. The van der Waals surface area contributed by atoms with E-state index in [2.05, 4.69) is 24.1 Å². The normalized spacial score (nSPS) is 40.3. The molecule has 0 heterocycles. The Morgan fingerprint density at radius 3 is 2.61 bits per heavy atom. The summed E-state index contributed by atoms with van der Waals surface area (Å²) >= 11 is 0. The summed E-state index contributed by atoms with van der Waals surface area (Å²) in [6.45, 7) is 7.37. The monoisotopic (exact) mass is 425 g/mol. The Balaban J connectivity index is 1.52. The SMILES string of the molecule is C#C[C@]1(OC(C)=O)CC[C@H]2[C@@H]3CCC4=C/C(=N\OC(=O)C(C)C)CC[C@@H]4[C@H]3CC[C@@]21C. The average molecular weight is 426 g/mol. The van der Waals surface area contributed by atoms with Gasteiger partial charge in [0.1, 0.15) is 0 Å². The number of carbonyl (C=O) groups excluding carboxylic acids is 2. The predicted molar refractivity (Wildman–Crippen MR) is 119 cm³/mol. The van der Waals surface area contributed by atoms with Crippen molar-refractivity contribution in [3.05, 3.63) is 11.6 Å². The van der Waals surface area contributed by atoms with Gasteiger partial charge in [0.15, 0.2) is 5.60 Å². The molecule has 3 fully saturated rings. The van der Waals surface area contributed by atoms with Gasteiger partial charge in [0.05, 0.1) is 11.6 Å². The average Bonchev–Trinajstić information content (AvgIpc) is 3.03. The van der Waals surface area contributed by atoms with Crippen molar-refractivity contribution in [3.8, 4) is 12.3 Å². The summed E-state index contributed by atoms with van der Waals surface area (Å²) in [5, 5.41) is 4.14. The minimum atomic E-state index is -0.753. The van der Waals surface area contributed by atoms with E-state index in [9.17, 15) is 9.59 Å². The molecule has 168 valence electrons. The van der Waals surface area contributed by atoms with Crippen LogP contribution in [0, 0.1) is 47.3 Å². The van der Waals surface area contributed by atoms with Crippen LogP contribution in [0.15, 0.2) is 16.8 Å². The van der Waals surface area contributed by atoms with E-state index in [0.717, 1.165) is 57.1 Å². The quantitative estimate of drug-likeness (QED) is 0.275. The maximum Gasteiger partial charge on any atom is 0.337 e. The van der Waals surface area contributed by atoms with Crippen LogP contribution >= 0.6 is 0 Å². The maximum atomic E-state index is 11.8. The van der Waals surface area contributed by atoms with Crippen LogP contribution in [-0.2, 0) is 19.2 Å². The molecule has 0 spiro atoms. The van der Waals surface area contributed by atoms with Crippen molar-refractivity contribution in [2.75, 3.05) is 0 Å². The molecule has 4 aliphatic carbocycles. The minimum Gasteiger partial charge on any atom is -0.445 e. The Bertz CT molecular complexity index is 865. The van der Waals surface area contributed by atoms with E-state index in [1.54, 1.807) is 0 Å². The van der Waals surface area contributed by atoms with Gasteiger partial charge in [-0.3, -0.25) is 4.79 Å². The van der Waals surface area contributed by atoms with Gasteiger partial charge >= 0.3 is 11.9 Å². The van der Waals surface area contributed by atoms with Crippen LogP contribution in [0.5, 0.6) is 0 Å². The lowest BCUT2D eigenvalue weighted by molar-refractivity contribution is -0.167. The van der Waals surface area contributed by atoms with Crippen molar-refractivity contribution >= 4 is 17.7 Å². The second-order valence-electron chi connectivity index (χ2n) is 10.5. The summed E-state index contributed by atoms with van der Waals surface area (Å²) in [6.07, 6.45) is 16.2. The number of esters is 1. The van der Waals surface area contributed by atoms with Gasteiger partial charge in [-0.15, -0.1) is 6.42 Å². The van der Waals surface area contributed by atoms with E-state index in [1.807, 2.05) is 13.8 Å². The van der Waals surface area contributed by atoms with Crippen LogP contribution in [0.2, 0.25) is 0 Å². The summed E-state index contributed by atoms with van der Waals surface area (Å²) in [6, 6.07) is 0. The van der Waals surface area contributed by atoms with Crippen LogP contribution in [0.25, 0.3) is 0 Å². The summed E-state index contributed by atoms with van der Waals surface area (Å²) in [5.74, 6) is 4.57. The molecule has 0 aromatic heterocycles. The highest BCUT2D eigenvalue weighted by atomic mass is 16.7. The first-order chi connectivity index (χ1) is 14.7. The standard InChI is InChI=1S/C26H35NO4/c1-6-26(30-17(4)28)14-12-23-22-9-7-18-15-19(27-31-24(29)16(2)3)8-10-20(18)21(22)11-13-25(23,26)5/h1,15-16,20-23H,7-14H2,2-5H3/b27-19-/t20-,21+,22+,23-,25-,26-/m0/s1. The number of hydrogen-bond donors (Lipinski definition) is 0. The molecular formula is C26H35NO4. The van der Waals surface area contributed by atoms with Gasteiger partial charge in [-0.05, 0) is 81.1 Å². The summed E-state index contributed by atoms with van der Waals surface area (Å²) in [7, 11) is 0. The van der Waals surface area contributed by atoms with Gasteiger partial charge in [-0.25, -0.2) is 4.79 Å². The Hall–Kier alpha value is -2.09. The van der Waals surface area contributed by atoms with Gasteiger partial charge < -0.3 is 9.57 Å². The fourth-order valence-corrected chi connectivity index (χ4v) is 7.15. The molecule has 0 saturated heterocycles. The molecule has 0 unspecified atom stereocenters. The Morgan fingerprint density at radius 1 is 1.16 bits per heavy atom. The second kappa shape index (κ2) is 8.11. The third-order valence-electron chi connectivity index (χ3n) is 8.71. The lowest BCUT2D eigenvalue weighted by atomic mass is 9.50. The second-order valence-corrected chi connectivity index (χ2v) is 10.5. The molecule has 0 aliphatic heterocycles. The highest BCUT2D eigenvalue weighted by molar-refractivity contribution is 5.96. The number of ether oxygens (including phenoxy) is 1. The topological polar surface area (TPSA) is 65.0 Å². The number of nitrogens with zero attached hydrogens (tertiary/aromatic N) is 1. The van der Waals surface area contributed by atoms with Crippen molar-refractivity contribution in [2.24, 2.45) is 40.2 Å². The van der Waals surface area contributed by atoms with Gasteiger partial charge in [-0.1, -0.05) is 37.4 Å². The van der Waals surface area contributed by atoms with Gasteiger partial charge in [0.2, 0.25) is 0 Å². The van der Waals surface area contributed by atoms with Crippen molar-refractivity contribution in [2.45, 2.75) is 84.7 Å². The highest BCUT2D eigenvalue weighted by Crippen LogP contribution is 2.65. The van der Waals surface area contributed by atoms with E-state index in [0.29, 0.717) is 23.7 Å². The number of terminal acetylenes is 1. The number of allylic oxidation sites excluding steroid dienone is 2. The van der Waals surface area contributed by atoms with E-state index in [1.165, 1.54) is 12.5 Å². The van der Waals surface area contributed by atoms with E-state index >= 15 is 0 Å². The van der Waals surface area contributed by atoms with Crippen molar-refractivity contribution < 1.29 is 19.2 Å². The molecule has 5 heteroatoms. The number of fused-ring (bicyclic) bond motifs is 5. The first-order valence-electron chi connectivity index (χ1n) is 11.9. The number of carbonyl (C=O) groups is 2. The zero-order valence-electron chi connectivity index (χ0n) is 19.3. The fraction of sp³-hybridized carbons (Fsp3) is 0.731. The smallest absolute Gasteiger partial charge is 0.337 e. The predicted octanol–water partition coefficient (Wildman–Crippen LogP) is 5.05. The zero-order valence-corrected chi connectivity index (χ0v) is 19.3. The third kappa shape index (κ3) is 3.62. The molecule has 0 N–H and O–H groups in total. The molecule has 4 rings (SSSR count). The Morgan fingerprint density at radius 2 is 1.94 bits per heavy atom. The molecule has 6 atom stereocenters. The molecule has 5 nitrogen and oxygen atoms in total. The van der Waals surface area contributed by atoms with Crippen molar-refractivity contribution in [1.82, 2.24) is 0 Å². The number of rotatable bonds is 3. The van der Waals surface area contributed by atoms with Gasteiger partial charge in [-0.2, -0.15) is 0 Å². The van der Waals surface area contributed by atoms with Crippen LogP contribution in [0.1, 0.15) is 79.1 Å². The van der Waals surface area contributed by atoms with Crippen molar-refractivity contribution in [3.63, 3.8) is 0 Å². The third-order valence-corrected chi connectivity index (χ3v) is 8.71. The maximum absolute atomic E-state index is 11.8. The first kappa shape index (κ1) is 22.1. The highest BCUT2D eigenvalue weighted by Gasteiger charge is 2.64. The Kier molecular flexibility index (Phi) is 5.79. The largest absolute Gasteiger partial charge is 0.445 e. The van der Waals surface area contributed by atoms with Crippen LogP contribution < -0.4 is 0 Å².